The predicted molar refractivity (Wildman–Crippen MR) is 133 cm³/mol. The quantitative estimate of drug-likeness (QED) is 0.488. The van der Waals surface area contributed by atoms with E-state index in [0.29, 0.717) is 19.3 Å². The number of carbonyl (C=O) groups excluding carboxylic acids is 2. The molecule has 184 valence electrons. The standard InChI is InChI=1S/C28H32N2O5/c1-17(2)14-25(26(31)29-19-9-7-8-18(15-19)27(32)33)30-28(34)35-16-24-22-12-5-3-10-20(22)21-11-4-6-13-23(21)24/h3-7,9-13,17-19,24-25H,8,14-16H2,1-2H3,(H,29,31)(H,30,34)(H,32,33)/t18-,19-,25?/m1/s1. The number of allylic oxidation sites excluding steroid dienone is 1. The summed E-state index contributed by atoms with van der Waals surface area (Å²) in [7, 11) is 0. The van der Waals surface area contributed by atoms with Crippen LogP contribution in [0.4, 0.5) is 4.79 Å². The van der Waals surface area contributed by atoms with Gasteiger partial charge in [-0.1, -0.05) is 74.5 Å². The fourth-order valence-electron chi connectivity index (χ4n) is 4.97. The lowest BCUT2D eigenvalue weighted by atomic mass is 9.91. The predicted octanol–water partition coefficient (Wildman–Crippen LogP) is 4.48. The molecule has 3 N–H and O–H groups in total. The third-order valence-corrected chi connectivity index (χ3v) is 6.66. The topological polar surface area (TPSA) is 105 Å². The second-order valence-corrected chi connectivity index (χ2v) is 9.70. The Morgan fingerprint density at radius 1 is 1.03 bits per heavy atom. The maximum absolute atomic E-state index is 13.0. The van der Waals surface area contributed by atoms with Crippen LogP contribution in [0.15, 0.2) is 60.7 Å². The second kappa shape index (κ2) is 10.8. The summed E-state index contributed by atoms with van der Waals surface area (Å²) in [5, 5.41) is 14.9. The molecule has 1 unspecified atom stereocenters. The molecule has 2 aliphatic rings. The third-order valence-electron chi connectivity index (χ3n) is 6.66. The number of hydrogen-bond donors (Lipinski definition) is 3. The van der Waals surface area contributed by atoms with Crippen LogP contribution in [-0.4, -0.2) is 41.8 Å². The van der Waals surface area contributed by atoms with Gasteiger partial charge in [0.05, 0.1) is 5.92 Å². The molecule has 0 radical (unpaired) electrons. The van der Waals surface area contributed by atoms with Crippen molar-refractivity contribution >= 4 is 18.0 Å². The van der Waals surface area contributed by atoms with Crippen LogP contribution in [0.3, 0.4) is 0 Å². The Labute approximate surface area is 205 Å². The summed E-state index contributed by atoms with van der Waals surface area (Å²) in [6.07, 6.45) is 4.18. The first kappa shape index (κ1) is 24.5. The Morgan fingerprint density at radius 3 is 2.26 bits per heavy atom. The Hall–Kier alpha value is -3.61. The molecule has 7 heteroatoms. The fourth-order valence-corrected chi connectivity index (χ4v) is 4.97. The number of rotatable bonds is 8. The van der Waals surface area contributed by atoms with Gasteiger partial charge < -0.3 is 20.5 Å². The molecule has 0 aliphatic heterocycles. The molecule has 0 bridgehead atoms. The minimum atomic E-state index is -0.871. The van der Waals surface area contributed by atoms with Crippen molar-refractivity contribution in [3.8, 4) is 11.1 Å². The lowest BCUT2D eigenvalue weighted by molar-refractivity contribution is -0.142. The molecule has 4 rings (SSSR count). The summed E-state index contributed by atoms with van der Waals surface area (Å²) in [5.74, 6) is -1.64. The highest BCUT2D eigenvalue weighted by Crippen LogP contribution is 2.44. The number of carboxylic acids is 1. The van der Waals surface area contributed by atoms with E-state index in [1.165, 1.54) is 0 Å². The molecular weight excluding hydrogens is 444 g/mol. The summed E-state index contributed by atoms with van der Waals surface area (Å²) in [6.45, 7) is 4.11. The number of hydrogen-bond acceptors (Lipinski definition) is 4. The SMILES string of the molecule is CC(C)CC(NC(=O)OCC1c2ccccc2-c2ccccc21)C(=O)N[C@@H]1C=CC[C@@H](C(=O)O)C1. The monoisotopic (exact) mass is 476 g/mol. The molecule has 0 fully saturated rings. The van der Waals surface area contributed by atoms with Gasteiger partial charge in [0.25, 0.3) is 0 Å². The van der Waals surface area contributed by atoms with Gasteiger partial charge in [-0.25, -0.2) is 4.79 Å². The van der Waals surface area contributed by atoms with E-state index in [4.69, 9.17) is 4.74 Å². The first-order valence-electron chi connectivity index (χ1n) is 12.1. The van der Waals surface area contributed by atoms with Crippen molar-refractivity contribution in [2.24, 2.45) is 11.8 Å². The molecule has 0 heterocycles. The van der Waals surface area contributed by atoms with Crippen molar-refractivity contribution in [3.05, 3.63) is 71.8 Å². The van der Waals surface area contributed by atoms with Crippen LogP contribution in [0.2, 0.25) is 0 Å². The molecule has 2 aliphatic carbocycles. The molecule has 35 heavy (non-hydrogen) atoms. The molecule has 2 amide bonds. The van der Waals surface area contributed by atoms with Gasteiger partial charge >= 0.3 is 12.1 Å². The van der Waals surface area contributed by atoms with Crippen LogP contribution in [0.5, 0.6) is 0 Å². The summed E-state index contributed by atoms with van der Waals surface area (Å²) in [4.78, 5) is 37.1. The molecule has 7 nitrogen and oxygen atoms in total. The van der Waals surface area contributed by atoms with Crippen LogP contribution in [0, 0.1) is 11.8 Å². The number of alkyl carbamates (subject to hydrolysis) is 1. The van der Waals surface area contributed by atoms with E-state index in [0.717, 1.165) is 22.3 Å². The van der Waals surface area contributed by atoms with E-state index in [2.05, 4.69) is 34.9 Å². The fraction of sp³-hybridized carbons (Fsp3) is 0.393. The number of aliphatic carboxylic acids is 1. The smallest absolute Gasteiger partial charge is 0.407 e. The van der Waals surface area contributed by atoms with Gasteiger partial charge in [0.2, 0.25) is 5.91 Å². The molecule has 2 aromatic carbocycles. The van der Waals surface area contributed by atoms with Crippen molar-refractivity contribution in [2.75, 3.05) is 6.61 Å². The summed E-state index contributed by atoms with van der Waals surface area (Å²) < 4.78 is 5.62. The Bertz CT molecular complexity index is 1080. The van der Waals surface area contributed by atoms with Crippen molar-refractivity contribution in [1.29, 1.82) is 0 Å². The van der Waals surface area contributed by atoms with Crippen molar-refractivity contribution < 1.29 is 24.2 Å². The van der Waals surface area contributed by atoms with E-state index in [-0.39, 0.29) is 30.4 Å². The average Bonchev–Trinajstić information content (AvgIpc) is 3.16. The van der Waals surface area contributed by atoms with E-state index in [1.807, 2.05) is 44.2 Å². The lowest BCUT2D eigenvalue weighted by Gasteiger charge is -2.26. The number of ether oxygens (including phenoxy) is 1. The summed E-state index contributed by atoms with van der Waals surface area (Å²) in [6, 6.07) is 15.1. The first-order valence-corrected chi connectivity index (χ1v) is 12.1. The average molecular weight is 477 g/mol. The normalized spacial score (nSPS) is 19.5. The zero-order valence-corrected chi connectivity index (χ0v) is 20.1. The molecule has 0 spiro atoms. The lowest BCUT2D eigenvalue weighted by Crippen LogP contribution is -2.50. The van der Waals surface area contributed by atoms with Crippen molar-refractivity contribution in [2.45, 2.75) is 51.1 Å². The van der Waals surface area contributed by atoms with Crippen LogP contribution in [-0.2, 0) is 14.3 Å². The van der Waals surface area contributed by atoms with Gasteiger partial charge in [-0.05, 0) is 47.4 Å². The number of nitrogens with one attached hydrogen (secondary N) is 2. The molecule has 0 saturated carbocycles. The summed E-state index contributed by atoms with van der Waals surface area (Å²) >= 11 is 0. The molecular formula is C28H32N2O5. The molecule has 2 aromatic rings. The largest absolute Gasteiger partial charge is 0.481 e. The minimum Gasteiger partial charge on any atom is -0.481 e. The van der Waals surface area contributed by atoms with E-state index in [9.17, 15) is 19.5 Å². The van der Waals surface area contributed by atoms with Gasteiger partial charge in [-0.3, -0.25) is 9.59 Å². The van der Waals surface area contributed by atoms with Crippen LogP contribution in [0.1, 0.15) is 50.2 Å². The molecule has 0 aromatic heterocycles. The maximum atomic E-state index is 13.0. The Kier molecular flexibility index (Phi) is 7.54. The number of benzene rings is 2. The highest BCUT2D eigenvalue weighted by Gasteiger charge is 2.31. The Balaban J connectivity index is 1.38. The van der Waals surface area contributed by atoms with Crippen LogP contribution < -0.4 is 10.6 Å². The van der Waals surface area contributed by atoms with E-state index < -0.39 is 24.0 Å². The van der Waals surface area contributed by atoms with Crippen molar-refractivity contribution in [3.63, 3.8) is 0 Å². The number of carboxylic acid groups (broad SMARTS) is 1. The first-order chi connectivity index (χ1) is 16.8. The zero-order chi connectivity index (χ0) is 24.9. The van der Waals surface area contributed by atoms with Gasteiger partial charge in [0.15, 0.2) is 0 Å². The highest BCUT2D eigenvalue weighted by atomic mass is 16.5. The molecule has 0 saturated heterocycles. The van der Waals surface area contributed by atoms with Gasteiger partial charge in [0.1, 0.15) is 12.6 Å². The number of amides is 2. The Morgan fingerprint density at radius 2 is 1.66 bits per heavy atom. The molecule has 3 atom stereocenters. The van der Waals surface area contributed by atoms with Gasteiger partial charge in [0, 0.05) is 12.0 Å². The van der Waals surface area contributed by atoms with E-state index >= 15 is 0 Å². The number of carbonyl (C=O) groups is 3. The highest BCUT2D eigenvalue weighted by molar-refractivity contribution is 5.86. The minimum absolute atomic E-state index is 0.0640. The van der Waals surface area contributed by atoms with Crippen molar-refractivity contribution in [1.82, 2.24) is 10.6 Å². The maximum Gasteiger partial charge on any atom is 0.407 e. The van der Waals surface area contributed by atoms with Crippen LogP contribution in [0.25, 0.3) is 11.1 Å². The van der Waals surface area contributed by atoms with Crippen LogP contribution >= 0.6 is 0 Å². The second-order valence-electron chi connectivity index (χ2n) is 9.70. The van der Waals surface area contributed by atoms with Gasteiger partial charge in [-0.2, -0.15) is 0 Å². The van der Waals surface area contributed by atoms with E-state index in [1.54, 1.807) is 6.08 Å². The third kappa shape index (κ3) is 5.73. The van der Waals surface area contributed by atoms with Gasteiger partial charge in [-0.15, -0.1) is 0 Å². The summed E-state index contributed by atoms with van der Waals surface area (Å²) in [5.41, 5.74) is 4.54. The number of fused-ring (bicyclic) bond motifs is 3. The zero-order valence-electron chi connectivity index (χ0n) is 20.1.